The average molecular weight is 176 g/mol. The van der Waals surface area contributed by atoms with Gasteiger partial charge >= 0.3 is 0 Å². The maximum Gasteiger partial charge on any atom is 0.0643 e. The first-order valence-corrected chi connectivity index (χ1v) is 4.61. The van der Waals surface area contributed by atoms with E-state index < -0.39 is 0 Å². The summed E-state index contributed by atoms with van der Waals surface area (Å²) in [5, 5.41) is 0. The lowest BCUT2D eigenvalue weighted by Gasteiger charge is -1.96. The van der Waals surface area contributed by atoms with Crippen LogP contribution in [0.4, 0.5) is 0 Å². The topological polar surface area (TPSA) is 9.23 Å². The maximum absolute atomic E-state index is 4.91. The van der Waals surface area contributed by atoms with Crippen LogP contribution in [-0.4, -0.2) is 13.7 Å². The lowest BCUT2D eigenvalue weighted by Crippen LogP contribution is -1.83. The zero-order valence-corrected chi connectivity index (χ0v) is 8.07. The molecule has 0 atom stereocenters. The van der Waals surface area contributed by atoms with Crippen LogP contribution in [0.2, 0.25) is 0 Å². The molecule has 0 saturated carbocycles. The third kappa shape index (κ3) is 4.48. The standard InChI is InChI=1S/C12H16O/c1-13-11-7-3-6-10-12-8-4-2-5-9-12/h2-5,7-9H,6,10-11H2,1H3/b7-3+. The van der Waals surface area contributed by atoms with Crippen molar-refractivity contribution < 1.29 is 4.74 Å². The van der Waals surface area contributed by atoms with Gasteiger partial charge in [-0.15, -0.1) is 0 Å². The van der Waals surface area contributed by atoms with E-state index >= 15 is 0 Å². The highest BCUT2D eigenvalue weighted by atomic mass is 16.5. The second-order valence-electron chi connectivity index (χ2n) is 2.95. The van der Waals surface area contributed by atoms with Crippen molar-refractivity contribution in [1.29, 1.82) is 0 Å². The van der Waals surface area contributed by atoms with Crippen molar-refractivity contribution in [2.75, 3.05) is 13.7 Å². The third-order valence-electron chi connectivity index (χ3n) is 1.87. The van der Waals surface area contributed by atoms with E-state index in [0.717, 1.165) is 19.4 Å². The van der Waals surface area contributed by atoms with E-state index in [1.807, 2.05) is 6.07 Å². The van der Waals surface area contributed by atoms with Gasteiger partial charge in [-0.05, 0) is 18.4 Å². The first-order chi connectivity index (χ1) is 6.43. The molecule has 0 heterocycles. The van der Waals surface area contributed by atoms with Crippen molar-refractivity contribution in [3.63, 3.8) is 0 Å². The molecule has 1 aromatic carbocycles. The molecule has 0 N–H and O–H groups in total. The zero-order valence-electron chi connectivity index (χ0n) is 8.07. The highest BCUT2D eigenvalue weighted by Crippen LogP contribution is 2.02. The monoisotopic (exact) mass is 176 g/mol. The number of hydrogen-bond donors (Lipinski definition) is 0. The van der Waals surface area contributed by atoms with E-state index in [4.69, 9.17) is 4.74 Å². The van der Waals surface area contributed by atoms with Gasteiger partial charge in [0.2, 0.25) is 0 Å². The van der Waals surface area contributed by atoms with Crippen LogP contribution >= 0.6 is 0 Å². The molecule has 13 heavy (non-hydrogen) atoms. The molecule has 70 valence electrons. The van der Waals surface area contributed by atoms with Crippen molar-refractivity contribution in [2.45, 2.75) is 12.8 Å². The third-order valence-corrected chi connectivity index (χ3v) is 1.87. The molecule has 1 nitrogen and oxygen atoms in total. The Hall–Kier alpha value is -1.08. The Morgan fingerprint density at radius 3 is 2.62 bits per heavy atom. The van der Waals surface area contributed by atoms with Gasteiger partial charge in [-0.3, -0.25) is 0 Å². The van der Waals surface area contributed by atoms with E-state index in [1.54, 1.807) is 7.11 Å². The Bertz CT molecular complexity index is 239. The molecule has 0 aliphatic heterocycles. The van der Waals surface area contributed by atoms with Crippen molar-refractivity contribution in [3.8, 4) is 0 Å². The molecule has 0 fully saturated rings. The minimum atomic E-state index is 0.717. The van der Waals surface area contributed by atoms with Crippen LogP contribution in [-0.2, 0) is 11.2 Å². The van der Waals surface area contributed by atoms with Crippen LogP contribution in [0, 0.1) is 0 Å². The van der Waals surface area contributed by atoms with Crippen molar-refractivity contribution in [3.05, 3.63) is 48.0 Å². The number of benzene rings is 1. The summed E-state index contributed by atoms with van der Waals surface area (Å²) in [5.41, 5.74) is 1.39. The molecule has 0 aliphatic rings. The number of aryl methyl sites for hydroxylation is 1. The van der Waals surface area contributed by atoms with Crippen molar-refractivity contribution in [1.82, 2.24) is 0 Å². The SMILES string of the molecule is COC/C=C/CCc1ccccc1. The first kappa shape index (κ1) is 10.0. The molecule has 0 aromatic heterocycles. The molecular formula is C12H16O. The average Bonchev–Trinajstić information content (AvgIpc) is 2.19. The van der Waals surface area contributed by atoms with Gasteiger partial charge in [0.05, 0.1) is 6.61 Å². The summed E-state index contributed by atoms with van der Waals surface area (Å²) >= 11 is 0. The van der Waals surface area contributed by atoms with E-state index in [2.05, 4.69) is 36.4 Å². The fourth-order valence-corrected chi connectivity index (χ4v) is 1.18. The zero-order chi connectivity index (χ0) is 9.36. The number of methoxy groups -OCH3 is 1. The van der Waals surface area contributed by atoms with E-state index in [9.17, 15) is 0 Å². The van der Waals surface area contributed by atoms with Crippen LogP contribution < -0.4 is 0 Å². The summed E-state index contributed by atoms with van der Waals surface area (Å²) in [4.78, 5) is 0. The maximum atomic E-state index is 4.91. The number of ether oxygens (including phenoxy) is 1. The smallest absolute Gasteiger partial charge is 0.0643 e. The van der Waals surface area contributed by atoms with E-state index in [1.165, 1.54) is 5.56 Å². The van der Waals surface area contributed by atoms with Crippen LogP contribution in [0.25, 0.3) is 0 Å². The molecule has 1 heteroatoms. The molecule has 1 rings (SSSR count). The van der Waals surface area contributed by atoms with Gasteiger partial charge in [0.15, 0.2) is 0 Å². The van der Waals surface area contributed by atoms with Crippen molar-refractivity contribution >= 4 is 0 Å². The van der Waals surface area contributed by atoms with Gasteiger partial charge < -0.3 is 4.74 Å². The molecule has 0 saturated heterocycles. The van der Waals surface area contributed by atoms with Gasteiger partial charge in [0.1, 0.15) is 0 Å². The van der Waals surface area contributed by atoms with Gasteiger partial charge in [0, 0.05) is 7.11 Å². The summed E-state index contributed by atoms with van der Waals surface area (Å²) in [7, 11) is 1.71. The molecule has 0 amide bonds. The molecule has 0 spiro atoms. The Balaban J connectivity index is 2.20. The highest BCUT2D eigenvalue weighted by molar-refractivity contribution is 5.15. The molecule has 0 unspecified atom stereocenters. The van der Waals surface area contributed by atoms with E-state index in [0.29, 0.717) is 0 Å². The Labute approximate surface area is 80.0 Å². The molecule has 0 radical (unpaired) electrons. The number of rotatable bonds is 5. The summed E-state index contributed by atoms with van der Waals surface area (Å²) in [6.07, 6.45) is 6.42. The minimum Gasteiger partial charge on any atom is -0.381 e. The predicted octanol–water partition coefficient (Wildman–Crippen LogP) is 2.82. The van der Waals surface area contributed by atoms with Gasteiger partial charge in [-0.1, -0.05) is 42.5 Å². The van der Waals surface area contributed by atoms with Crippen molar-refractivity contribution in [2.24, 2.45) is 0 Å². The van der Waals surface area contributed by atoms with Gasteiger partial charge in [-0.25, -0.2) is 0 Å². The quantitative estimate of drug-likeness (QED) is 0.627. The first-order valence-electron chi connectivity index (χ1n) is 4.61. The molecular weight excluding hydrogens is 160 g/mol. The van der Waals surface area contributed by atoms with Gasteiger partial charge in [0.25, 0.3) is 0 Å². The Morgan fingerprint density at radius 2 is 1.92 bits per heavy atom. The second-order valence-corrected chi connectivity index (χ2v) is 2.95. The fraction of sp³-hybridized carbons (Fsp3) is 0.333. The van der Waals surface area contributed by atoms with Crippen LogP contribution in [0.1, 0.15) is 12.0 Å². The lowest BCUT2D eigenvalue weighted by molar-refractivity contribution is 0.233. The fourth-order valence-electron chi connectivity index (χ4n) is 1.18. The second kappa shape index (κ2) is 6.44. The predicted molar refractivity (Wildman–Crippen MR) is 55.8 cm³/mol. The summed E-state index contributed by atoms with van der Waals surface area (Å²) in [6, 6.07) is 10.5. The highest BCUT2D eigenvalue weighted by Gasteiger charge is 1.87. The largest absolute Gasteiger partial charge is 0.381 e. The number of hydrogen-bond acceptors (Lipinski definition) is 1. The minimum absolute atomic E-state index is 0.717. The van der Waals surface area contributed by atoms with E-state index in [-0.39, 0.29) is 0 Å². The normalized spacial score (nSPS) is 10.8. The van der Waals surface area contributed by atoms with Crippen LogP contribution in [0.5, 0.6) is 0 Å². The van der Waals surface area contributed by atoms with Crippen LogP contribution in [0.3, 0.4) is 0 Å². The summed E-state index contributed by atoms with van der Waals surface area (Å²) < 4.78 is 4.91. The summed E-state index contributed by atoms with van der Waals surface area (Å²) in [5.74, 6) is 0. The molecule has 0 bridgehead atoms. The van der Waals surface area contributed by atoms with Crippen LogP contribution in [0.15, 0.2) is 42.5 Å². The summed E-state index contributed by atoms with van der Waals surface area (Å²) in [6.45, 7) is 0.717. The molecule has 1 aromatic rings. The van der Waals surface area contributed by atoms with Gasteiger partial charge in [-0.2, -0.15) is 0 Å². The Morgan fingerprint density at radius 1 is 1.15 bits per heavy atom. The lowest BCUT2D eigenvalue weighted by atomic mass is 10.1. The Kier molecular flexibility index (Phi) is 4.95. The molecule has 0 aliphatic carbocycles. The number of allylic oxidation sites excluding steroid dienone is 1.